The molecule has 1 saturated heterocycles. The first-order valence-corrected chi connectivity index (χ1v) is 11.1. The maximum Gasteiger partial charge on any atom is 0.227 e. The highest BCUT2D eigenvalue weighted by atomic mass is 16.5. The van der Waals surface area contributed by atoms with Crippen molar-refractivity contribution in [1.82, 2.24) is 9.80 Å². The molecule has 0 saturated carbocycles. The predicted molar refractivity (Wildman–Crippen MR) is 114 cm³/mol. The monoisotopic (exact) mass is 398 g/mol. The number of amides is 1. The van der Waals surface area contributed by atoms with Gasteiger partial charge in [0.1, 0.15) is 12.4 Å². The van der Waals surface area contributed by atoms with E-state index in [1.54, 1.807) is 0 Å². The molecule has 0 radical (unpaired) electrons. The summed E-state index contributed by atoms with van der Waals surface area (Å²) in [6.45, 7) is 8.97. The number of morpholine rings is 1. The van der Waals surface area contributed by atoms with E-state index in [-0.39, 0.29) is 18.1 Å². The van der Waals surface area contributed by atoms with Crippen LogP contribution in [-0.4, -0.2) is 54.2 Å². The van der Waals surface area contributed by atoms with E-state index in [9.17, 15) is 4.79 Å². The Hall–Kier alpha value is -1.85. The molecule has 0 bridgehead atoms. The molecule has 1 amide bonds. The van der Waals surface area contributed by atoms with E-state index in [1.807, 2.05) is 4.90 Å². The van der Waals surface area contributed by atoms with Gasteiger partial charge in [-0.3, -0.25) is 9.69 Å². The zero-order valence-corrected chi connectivity index (χ0v) is 17.9. The van der Waals surface area contributed by atoms with Crippen molar-refractivity contribution >= 4 is 5.91 Å². The largest absolute Gasteiger partial charge is 0.491 e. The lowest BCUT2D eigenvalue weighted by Gasteiger charge is -2.35. The number of benzene rings is 1. The third-order valence-corrected chi connectivity index (χ3v) is 6.12. The normalized spacial score (nSPS) is 25.6. The fraction of sp³-hybridized carbons (Fsp3) is 0.625. The fourth-order valence-corrected chi connectivity index (χ4v) is 4.80. The van der Waals surface area contributed by atoms with E-state index in [4.69, 9.17) is 9.47 Å². The third-order valence-electron chi connectivity index (χ3n) is 6.12. The first-order valence-electron chi connectivity index (χ1n) is 11.1. The number of rotatable bonds is 4. The highest BCUT2D eigenvalue weighted by Gasteiger charge is 2.24. The van der Waals surface area contributed by atoms with Gasteiger partial charge < -0.3 is 14.4 Å². The maximum absolute atomic E-state index is 12.9. The summed E-state index contributed by atoms with van der Waals surface area (Å²) in [6.07, 6.45) is 8.05. The molecule has 1 aromatic carbocycles. The average molecular weight is 399 g/mol. The van der Waals surface area contributed by atoms with E-state index in [2.05, 4.69) is 43.0 Å². The van der Waals surface area contributed by atoms with Crippen LogP contribution in [0, 0.1) is 0 Å². The van der Waals surface area contributed by atoms with E-state index >= 15 is 0 Å². The SMILES string of the molecule is C[C@@H]1CN(Cc2ccc3c(c2)CN(C(=O)CC2=CCCCC2)CCO3)C[C@H](C)O1. The number of hydrogen-bond donors (Lipinski definition) is 0. The van der Waals surface area contributed by atoms with E-state index in [0.29, 0.717) is 26.1 Å². The zero-order valence-electron chi connectivity index (χ0n) is 17.9. The Labute approximate surface area is 174 Å². The van der Waals surface area contributed by atoms with Crippen molar-refractivity contribution in [3.63, 3.8) is 0 Å². The molecule has 1 aromatic rings. The summed E-state index contributed by atoms with van der Waals surface area (Å²) in [5.41, 5.74) is 3.72. The molecule has 5 heteroatoms. The summed E-state index contributed by atoms with van der Waals surface area (Å²) in [7, 11) is 0. The third kappa shape index (κ3) is 5.40. The van der Waals surface area contributed by atoms with E-state index in [1.165, 1.54) is 24.0 Å². The first-order chi connectivity index (χ1) is 14.1. The second kappa shape index (κ2) is 9.31. The summed E-state index contributed by atoms with van der Waals surface area (Å²) in [5, 5.41) is 0. The summed E-state index contributed by atoms with van der Waals surface area (Å²) < 4.78 is 11.8. The number of carbonyl (C=O) groups excluding carboxylic acids is 1. The predicted octanol–water partition coefficient (Wildman–Crippen LogP) is 3.91. The molecule has 2 atom stereocenters. The van der Waals surface area contributed by atoms with Crippen LogP contribution in [0.15, 0.2) is 29.8 Å². The van der Waals surface area contributed by atoms with Crippen molar-refractivity contribution in [1.29, 1.82) is 0 Å². The second-order valence-electron chi connectivity index (χ2n) is 8.84. The molecule has 158 valence electrons. The van der Waals surface area contributed by atoms with Gasteiger partial charge >= 0.3 is 0 Å². The Balaban J connectivity index is 1.42. The van der Waals surface area contributed by atoms with Gasteiger partial charge in [0, 0.05) is 38.2 Å². The quantitative estimate of drug-likeness (QED) is 0.721. The fourth-order valence-electron chi connectivity index (χ4n) is 4.80. The molecule has 29 heavy (non-hydrogen) atoms. The zero-order chi connectivity index (χ0) is 20.2. The van der Waals surface area contributed by atoms with Crippen LogP contribution in [0.3, 0.4) is 0 Å². The molecule has 0 N–H and O–H groups in total. The minimum Gasteiger partial charge on any atom is -0.491 e. The lowest BCUT2D eigenvalue weighted by Crippen LogP contribution is -2.44. The molecular formula is C24H34N2O3. The van der Waals surface area contributed by atoms with E-state index in [0.717, 1.165) is 43.8 Å². The van der Waals surface area contributed by atoms with Gasteiger partial charge in [-0.05, 0) is 57.2 Å². The Morgan fingerprint density at radius 3 is 2.76 bits per heavy atom. The topological polar surface area (TPSA) is 42.0 Å². The van der Waals surface area contributed by atoms with Crippen molar-refractivity contribution in [2.75, 3.05) is 26.2 Å². The van der Waals surface area contributed by atoms with Crippen molar-refractivity contribution < 1.29 is 14.3 Å². The summed E-state index contributed by atoms with van der Waals surface area (Å²) in [6, 6.07) is 6.47. The van der Waals surface area contributed by atoms with Crippen molar-refractivity contribution in [3.8, 4) is 5.75 Å². The van der Waals surface area contributed by atoms with Gasteiger partial charge in [0.05, 0.1) is 18.8 Å². The number of allylic oxidation sites excluding steroid dienone is 1. The molecule has 3 aliphatic rings. The van der Waals surface area contributed by atoms with Gasteiger partial charge in [0.15, 0.2) is 0 Å². The van der Waals surface area contributed by atoms with Crippen molar-refractivity contribution in [2.24, 2.45) is 0 Å². The molecule has 0 spiro atoms. The molecule has 5 nitrogen and oxygen atoms in total. The number of hydrogen-bond acceptors (Lipinski definition) is 4. The number of nitrogens with zero attached hydrogens (tertiary/aromatic N) is 2. The Morgan fingerprint density at radius 1 is 1.17 bits per heavy atom. The minimum absolute atomic E-state index is 0.232. The molecule has 0 aromatic heterocycles. The van der Waals surface area contributed by atoms with Crippen LogP contribution in [0.4, 0.5) is 0 Å². The smallest absolute Gasteiger partial charge is 0.227 e. The molecule has 1 aliphatic carbocycles. The number of ether oxygens (including phenoxy) is 2. The Kier molecular flexibility index (Phi) is 6.56. The number of fused-ring (bicyclic) bond motifs is 1. The van der Waals surface area contributed by atoms with Gasteiger partial charge in [-0.25, -0.2) is 0 Å². The van der Waals surface area contributed by atoms with Crippen LogP contribution in [0.5, 0.6) is 5.75 Å². The maximum atomic E-state index is 12.9. The Morgan fingerprint density at radius 2 is 2.00 bits per heavy atom. The second-order valence-corrected chi connectivity index (χ2v) is 8.84. The van der Waals surface area contributed by atoms with Crippen molar-refractivity contribution in [2.45, 2.75) is 71.2 Å². The highest BCUT2D eigenvalue weighted by molar-refractivity contribution is 5.79. The van der Waals surface area contributed by atoms with Gasteiger partial charge in [0.2, 0.25) is 5.91 Å². The highest BCUT2D eigenvalue weighted by Crippen LogP contribution is 2.27. The first kappa shape index (κ1) is 20.4. The summed E-state index contributed by atoms with van der Waals surface area (Å²) in [5.74, 6) is 1.15. The standard InChI is InChI=1S/C24H34N2O3/c1-18-14-25(15-19(2)29-18)16-21-8-9-23-22(12-21)17-26(10-11-28-23)24(27)13-20-6-4-3-5-7-20/h6,8-9,12,18-19H,3-5,7,10-11,13-17H2,1-2H3/t18-,19+. The molecule has 4 rings (SSSR count). The van der Waals surface area contributed by atoms with Crippen molar-refractivity contribution in [3.05, 3.63) is 41.0 Å². The summed E-state index contributed by atoms with van der Waals surface area (Å²) >= 11 is 0. The van der Waals surface area contributed by atoms with Crippen LogP contribution < -0.4 is 4.74 Å². The molecule has 1 fully saturated rings. The van der Waals surface area contributed by atoms with Crippen LogP contribution in [0.25, 0.3) is 0 Å². The van der Waals surface area contributed by atoms with Crippen LogP contribution in [0.2, 0.25) is 0 Å². The number of carbonyl (C=O) groups is 1. The lowest BCUT2D eigenvalue weighted by molar-refractivity contribution is -0.131. The summed E-state index contributed by atoms with van der Waals surface area (Å²) in [4.78, 5) is 17.3. The van der Waals surface area contributed by atoms with Gasteiger partial charge in [-0.2, -0.15) is 0 Å². The molecule has 2 aliphatic heterocycles. The Bertz CT molecular complexity index is 750. The average Bonchev–Trinajstić information content (AvgIpc) is 2.90. The van der Waals surface area contributed by atoms with Gasteiger partial charge in [-0.1, -0.05) is 17.7 Å². The molecule has 0 unspecified atom stereocenters. The van der Waals surface area contributed by atoms with Crippen LogP contribution in [0.1, 0.15) is 57.1 Å². The van der Waals surface area contributed by atoms with E-state index < -0.39 is 0 Å². The van der Waals surface area contributed by atoms with Gasteiger partial charge in [0.25, 0.3) is 0 Å². The van der Waals surface area contributed by atoms with Crippen LogP contribution in [-0.2, 0) is 22.6 Å². The van der Waals surface area contributed by atoms with Crippen LogP contribution >= 0.6 is 0 Å². The lowest BCUT2D eigenvalue weighted by atomic mass is 9.97. The molecule has 2 heterocycles. The molecular weight excluding hydrogens is 364 g/mol. The minimum atomic E-state index is 0.232. The van der Waals surface area contributed by atoms with Gasteiger partial charge in [-0.15, -0.1) is 0 Å².